The van der Waals surface area contributed by atoms with Gasteiger partial charge in [0.15, 0.2) is 0 Å². The number of nitrogens with one attached hydrogen (secondary N) is 1. The van der Waals surface area contributed by atoms with Gasteiger partial charge in [-0.3, -0.25) is 9.69 Å². The van der Waals surface area contributed by atoms with Crippen LogP contribution in [-0.4, -0.2) is 36.0 Å². The quantitative estimate of drug-likeness (QED) is 0.782. The van der Waals surface area contributed by atoms with Gasteiger partial charge < -0.3 is 5.32 Å². The van der Waals surface area contributed by atoms with E-state index in [1.165, 1.54) is 70.8 Å². The number of carbonyl (C=O) groups is 1. The Morgan fingerprint density at radius 3 is 2.45 bits per heavy atom. The summed E-state index contributed by atoms with van der Waals surface area (Å²) in [6.45, 7) is 4.42. The van der Waals surface area contributed by atoms with Crippen LogP contribution >= 0.6 is 0 Å². The van der Waals surface area contributed by atoms with Crippen molar-refractivity contribution >= 4 is 5.91 Å². The van der Waals surface area contributed by atoms with E-state index in [2.05, 4.69) is 17.1 Å². The summed E-state index contributed by atoms with van der Waals surface area (Å²) in [5, 5.41) is 3.27. The fraction of sp³-hybridized carbons (Fsp3) is 0.941. The molecule has 2 aliphatic rings. The van der Waals surface area contributed by atoms with Crippen molar-refractivity contribution < 1.29 is 4.79 Å². The van der Waals surface area contributed by atoms with E-state index in [9.17, 15) is 4.79 Å². The van der Waals surface area contributed by atoms with Crippen molar-refractivity contribution in [2.45, 2.75) is 89.6 Å². The lowest BCUT2D eigenvalue weighted by Gasteiger charge is -2.35. The fourth-order valence-electron chi connectivity index (χ4n) is 3.79. The molecule has 0 spiro atoms. The first-order valence-electron chi connectivity index (χ1n) is 8.83. The molecule has 116 valence electrons. The Balaban J connectivity index is 1.68. The maximum Gasteiger partial charge on any atom is 0.221 e. The minimum Gasteiger partial charge on any atom is -0.353 e. The number of amides is 1. The highest BCUT2D eigenvalue weighted by Crippen LogP contribution is 2.20. The number of likely N-dealkylation sites (tertiary alicyclic amines) is 1. The smallest absolute Gasteiger partial charge is 0.221 e. The standard InChI is InChI=1S/C17H32N2O/c1-2-16-11-7-8-13-19(16)14-12-17(20)18-15-9-5-3-4-6-10-15/h15-16H,2-14H2,1H3,(H,18,20). The van der Waals surface area contributed by atoms with E-state index < -0.39 is 0 Å². The lowest BCUT2D eigenvalue weighted by molar-refractivity contribution is -0.122. The third kappa shape index (κ3) is 5.08. The first-order valence-corrected chi connectivity index (χ1v) is 8.83. The molecule has 2 rings (SSSR count). The molecule has 1 aliphatic heterocycles. The lowest BCUT2D eigenvalue weighted by atomic mass is 10.00. The fourth-order valence-corrected chi connectivity index (χ4v) is 3.79. The van der Waals surface area contributed by atoms with E-state index in [-0.39, 0.29) is 5.91 Å². The van der Waals surface area contributed by atoms with Crippen LogP contribution in [0.15, 0.2) is 0 Å². The Kier molecular flexibility index (Phi) is 6.85. The van der Waals surface area contributed by atoms with Crippen LogP contribution < -0.4 is 5.32 Å². The molecule has 3 nitrogen and oxygen atoms in total. The van der Waals surface area contributed by atoms with Crippen molar-refractivity contribution in [3.8, 4) is 0 Å². The zero-order chi connectivity index (χ0) is 14.2. The van der Waals surface area contributed by atoms with Crippen LogP contribution in [0.4, 0.5) is 0 Å². The van der Waals surface area contributed by atoms with Crippen LogP contribution in [-0.2, 0) is 4.79 Å². The molecular formula is C17H32N2O. The van der Waals surface area contributed by atoms with Crippen LogP contribution in [0.1, 0.15) is 77.6 Å². The SMILES string of the molecule is CCC1CCCCN1CCC(=O)NC1CCCCCC1. The summed E-state index contributed by atoms with van der Waals surface area (Å²) in [5.74, 6) is 0.275. The van der Waals surface area contributed by atoms with E-state index in [0.29, 0.717) is 12.5 Å². The summed E-state index contributed by atoms with van der Waals surface area (Å²) in [4.78, 5) is 14.7. The zero-order valence-electron chi connectivity index (χ0n) is 13.2. The summed E-state index contributed by atoms with van der Waals surface area (Å²) in [7, 11) is 0. The number of hydrogen-bond acceptors (Lipinski definition) is 2. The normalized spacial score (nSPS) is 26.1. The molecule has 1 saturated heterocycles. The van der Waals surface area contributed by atoms with Crippen molar-refractivity contribution in [3.63, 3.8) is 0 Å². The molecule has 1 atom stereocenters. The molecule has 0 radical (unpaired) electrons. The molecule has 0 aromatic heterocycles. The third-order valence-electron chi connectivity index (χ3n) is 5.07. The molecule has 1 N–H and O–H groups in total. The summed E-state index contributed by atoms with van der Waals surface area (Å²) < 4.78 is 0. The molecule has 1 aliphatic carbocycles. The van der Waals surface area contributed by atoms with E-state index in [0.717, 1.165) is 12.6 Å². The molecule has 1 heterocycles. The van der Waals surface area contributed by atoms with Gasteiger partial charge in [0.05, 0.1) is 0 Å². The van der Waals surface area contributed by atoms with Crippen molar-refractivity contribution in [1.82, 2.24) is 10.2 Å². The maximum absolute atomic E-state index is 12.1. The summed E-state index contributed by atoms with van der Waals surface area (Å²) in [5.41, 5.74) is 0. The van der Waals surface area contributed by atoms with Gasteiger partial charge in [-0.1, -0.05) is 39.0 Å². The number of hydrogen-bond donors (Lipinski definition) is 1. The average molecular weight is 280 g/mol. The molecule has 1 amide bonds. The summed E-state index contributed by atoms with van der Waals surface area (Å²) >= 11 is 0. The van der Waals surface area contributed by atoms with Gasteiger partial charge in [-0.25, -0.2) is 0 Å². The predicted molar refractivity (Wildman–Crippen MR) is 83.8 cm³/mol. The molecule has 20 heavy (non-hydrogen) atoms. The second-order valence-electron chi connectivity index (χ2n) is 6.60. The maximum atomic E-state index is 12.1. The van der Waals surface area contributed by atoms with Crippen molar-refractivity contribution in [2.24, 2.45) is 0 Å². The van der Waals surface area contributed by atoms with Gasteiger partial charge in [0.2, 0.25) is 5.91 Å². The van der Waals surface area contributed by atoms with Gasteiger partial charge in [-0.2, -0.15) is 0 Å². The minimum absolute atomic E-state index is 0.275. The van der Waals surface area contributed by atoms with E-state index in [1.54, 1.807) is 0 Å². The predicted octanol–water partition coefficient (Wildman–Crippen LogP) is 3.48. The first-order chi connectivity index (χ1) is 9.79. The Bertz CT molecular complexity index is 285. The Labute approximate surface area is 124 Å². The van der Waals surface area contributed by atoms with Crippen molar-refractivity contribution in [1.29, 1.82) is 0 Å². The first kappa shape index (κ1) is 15.8. The molecule has 3 heteroatoms. The van der Waals surface area contributed by atoms with E-state index in [4.69, 9.17) is 0 Å². The zero-order valence-corrected chi connectivity index (χ0v) is 13.2. The molecule has 0 bridgehead atoms. The lowest BCUT2D eigenvalue weighted by Crippen LogP contribution is -2.42. The van der Waals surface area contributed by atoms with Crippen molar-refractivity contribution in [3.05, 3.63) is 0 Å². The Morgan fingerprint density at radius 2 is 1.75 bits per heavy atom. The van der Waals surface area contributed by atoms with Gasteiger partial charge in [0.1, 0.15) is 0 Å². The topological polar surface area (TPSA) is 32.3 Å². The summed E-state index contributed by atoms with van der Waals surface area (Å²) in [6, 6.07) is 1.17. The second-order valence-corrected chi connectivity index (χ2v) is 6.60. The molecule has 0 aromatic rings. The van der Waals surface area contributed by atoms with E-state index in [1.807, 2.05) is 0 Å². The molecule has 1 unspecified atom stereocenters. The highest BCUT2D eigenvalue weighted by molar-refractivity contribution is 5.76. The van der Waals surface area contributed by atoms with Crippen LogP contribution in [0, 0.1) is 0 Å². The number of nitrogens with zero attached hydrogens (tertiary/aromatic N) is 1. The molecule has 1 saturated carbocycles. The Morgan fingerprint density at radius 1 is 1.05 bits per heavy atom. The monoisotopic (exact) mass is 280 g/mol. The number of carbonyl (C=O) groups excluding carboxylic acids is 1. The van der Waals surface area contributed by atoms with E-state index >= 15 is 0 Å². The highest BCUT2D eigenvalue weighted by atomic mass is 16.1. The number of rotatable bonds is 5. The minimum atomic E-state index is 0.275. The second kappa shape index (κ2) is 8.66. The number of piperidine rings is 1. The van der Waals surface area contributed by atoms with Crippen LogP contribution in [0.25, 0.3) is 0 Å². The van der Waals surface area contributed by atoms with Gasteiger partial charge in [0, 0.05) is 25.0 Å². The Hall–Kier alpha value is -0.570. The van der Waals surface area contributed by atoms with Gasteiger partial charge >= 0.3 is 0 Å². The van der Waals surface area contributed by atoms with Crippen LogP contribution in [0.5, 0.6) is 0 Å². The van der Waals surface area contributed by atoms with Gasteiger partial charge in [-0.15, -0.1) is 0 Å². The average Bonchev–Trinajstić information content (AvgIpc) is 2.74. The van der Waals surface area contributed by atoms with Gasteiger partial charge in [0.25, 0.3) is 0 Å². The van der Waals surface area contributed by atoms with Gasteiger partial charge in [-0.05, 0) is 38.6 Å². The molecule has 0 aromatic carbocycles. The van der Waals surface area contributed by atoms with Crippen LogP contribution in [0.2, 0.25) is 0 Å². The summed E-state index contributed by atoms with van der Waals surface area (Å²) in [6.07, 6.45) is 13.5. The largest absolute Gasteiger partial charge is 0.353 e. The molecule has 2 fully saturated rings. The van der Waals surface area contributed by atoms with Crippen molar-refractivity contribution in [2.75, 3.05) is 13.1 Å². The van der Waals surface area contributed by atoms with Crippen LogP contribution in [0.3, 0.4) is 0 Å². The third-order valence-corrected chi connectivity index (χ3v) is 5.07. The highest BCUT2D eigenvalue weighted by Gasteiger charge is 2.21. The molecular weight excluding hydrogens is 248 g/mol.